The van der Waals surface area contributed by atoms with Crippen molar-refractivity contribution in [2.24, 2.45) is 0 Å². The highest BCUT2D eigenvalue weighted by Crippen LogP contribution is 2.46. The molecule has 2 heterocycles. The molecule has 11 rings (SSSR count). The number of para-hydroxylation sites is 1. The van der Waals surface area contributed by atoms with Crippen LogP contribution in [-0.4, -0.2) is 22.9 Å². The third kappa shape index (κ3) is 3.67. The maximum atomic E-state index is 6.51. The second kappa shape index (κ2) is 9.63. The Morgan fingerprint density at radius 3 is 1.76 bits per heavy atom. The number of aromatic nitrogens is 1. The molecular formula is C46H34BNO2. The van der Waals surface area contributed by atoms with Gasteiger partial charge in [0.25, 0.3) is 0 Å². The van der Waals surface area contributed by atoms with Gasteiger partial charge in [-0.1, -0.05) is 103 Å². The van der Waals surface area contributed by atoms with E-state index >= 15 is 0 Å². The predicted molar refractivity (Wildman–Crippen MR) is 213 cm³/mol. The van der Waals surface area contributed by atoms with Crippen molar-refractivity contribution in [1.29, 1.82) is 0 Å². The molecule has 1 saturated heterocycles. The fourth-order valence-corrected chi connectivity index (χ4v) is 8.76. The Kier molecular flexibility index (Phi) is 5.48. The van der Waals surface area contributed by atoms with Gasteiger partial charge in [0.1, 0.15) is 0 Å². The molecule has 0 bridgehead atoms. The Balaban J connectivity index is 1.29. The molecule has 10 aromatic rings. The van der Waals surface area contributed by atoms with Crippen molar-refractivity contribution in [3.8, 4) is 5.69 Å². The van der Waals surface area contributed by atoms with E-state index in [1.54, 1.807) is 0 Å². The van der Waals surface area contributed by atoms with Gasteiger partial charge in [-0.25, -0.2) is 0 Å². The van der Waals surface area contributed by atoms with E-state index in [1.165, 1.54) is 86.4 Å². The van der Waals surface area contributed by atoms with E-state index in [2.05, 4.69) is 166 Å². The Morgan fingerprint density at radius 2 is 1.02 bits per heavy atom. The molecule has 4 heteroatoms. The second-order valence-corrected chi connectivity index (χ2v) is 15.2. The molecule has 1 aliphatic heterocycles. The maximum Gasteiger partial charge on any atom is 0.494 e. The van der Waals surface area contributed by atoms with Crippen LogP contribution in [0.2, 0.25) is 0 Å². The van der Waals surface area contributed by atoms with Gasteiger partial charge >= 0.3 is 7.12 Å². The molecule has 0 saturated carbocycles. The molecule has 9 aromatic carbocycles. The van der Waals surface area contributed by atoms with Crippen molar-refractivity contribution < 1.29 is 9.31 Å². The molecule has 0 spiro atoms. The van der Waals surface area contributed by atoms with Crippen molar-refractivity contribution in [3.05, 3.63) is 133 Å². The number of hydrogen-bond acceptors (Lipinski definition) is 2. The number of benzene rings is 9. The number of fused-ring (bicyclic) bond motifs is 10. The SMILES string of the molecule is CC1(C)OB(c2ccc3c(c2)c2ccccc2c2cc4c5c6ccc7cccc8ccc(cc5n(-c5ccccc5)c4cc32)c6c87)OC1(C)C. The summed E-state index contributed by atoms with van der Waals surface area (Å²) in [5, 5.41) is 17.9. The average Bonchev–Trinajstić information content (AvgIpc) is 3.57. The van der Waals surface area contributed by atoms with E-state index in [-0.39, 0.29) is 0 Å². The van der Waals surface area contributed by atoms with E-state index < -0.39 is 18.3 Å². The number of hydrogen-bond donors (Lipinski definition) is 0. The van der Waals surface area contributed by atoms with Crippen LogP contribution < -0.4 is 5.46 Å². The first kappa shape index (κ1) is 28.4. The first-order valence-corrected chi connectivity index (χ1v) is 17.6. The van der Waals surface area contributed by atoms with E-state index in [0.29, 0.717) is 0 Å². The van der Waals surface area contributed by atoms with Gasteiger partial charge in [-0.2, -0.15) is 0 Å². The summed E-state index contributed by atoms with van der Waals surface area (Å²) in [7, 11) is -0.419. The molecule has 1 aromatic heterocycles. The van der Waals surface area contributed by atoms with Gasteiger partial charge in [-0.15, -0.1) is 0 Å². The highest BCUT2D eigenvalue weighted by atomic mass is 16.7. The van der Waals surface area contributed by atoms with Crippen LogP contribution in [0.4, 0.5) is 0 Å². The molecule has 238 valence electrons. The minimum atomic E-state index is -0.419. The molecular weight excluding hydrogens is 609 g/mol. The second-order valence-electron chi connectivity index (χ2n) is 15.2. The third-order valence-electron chi connectivity index (χ3n) is 11.9. The zero-order valence-electron chi connectivity index (χ0n) is 28.5. The minimum Gasteiger partial charge on any atom is -0.399 e. The van der Waals surface area contributed by atoms with E-state index in [4.69, 9.17) is 9.31 Å². The zero-order valence-corrected chi connectivity index (χ0v) is 28.5. The van der Waals surface area contributed by atoms with Crippen molar-refractivity contribution in [1.82, 2.24) is 4.57 Å². The molecule has 3 nitrogen and oxygen atoms in total. The van der Waals surface area contributed by atoms with Gasteiger partial charge in [-0.05, 0) is 128 Å². The number of rotatable bonds is 2. The van der Waals surface area contributed by atoms with Crippen LogP contribution in [-0.2, 0) is 9.31 Å². The topological polar surface area (TPSA) is 23.4 Å². The van der Waals surface area contributed by atoms with Crippen LogP contribution in [0.15, 0.2) is 133 Å². The highest BCUT2D eigenvalue weighted by Gasteiger charge is 2.51. The summed E-state index contributed by atoms with van der Waals surface area (Å²) in [4.78, 5) is 0. The van der Waals surface area contributed by atoms with Crippen LogP contribution in [0.5, 0.6) is 0 Å². The first-order chi connectivity index (χ1) is 24.3. The molecule has 0 atom stereocenters. The van der Waals surface area contributed by atoms with Crippen LogP contribution >= 0.6 is 0 Å². The zero-order chi connectivity index (χ0) is 33.5. The van der Waals surface area contributed by atoms with Crippen molar-refractivity contribution >= 4 is 99.0 Å². The highest BCUT2D eigenvalue weighted by molar-refractivity contribution is 6.62. The lowest BCUT2D eigenvalue weighted by Gasteiger charge is -2.32. The van der Waals surface area contributed by atoms with Crippen LogP contribution in [0.3, 0.4) is 0 Å². The van der Waals surface area contributed by atoms with Crippen LogP contribution in [0.1, 0.15) is 27.7 Å². The number of nitrogens with zero attached hydrogens (tertiary/aromatic N) is 1. The summed E-state index contributed by atoms with van der Waals surface area (Å²) >= 11 is 0. The van der Waals surface area contributed by atoms with Gasteiger partial charge in [0.05, 0.1) is 22.2 Å². The summed E-state index contributed by atoms with van der Waals surface area (Å²) in [5.74, 6) is 0. The van der Waals surface area contributed by atoms with Gasteiger partial charge in [0.2, 0.25) is 0 Å². The van der Waals surface area contributed by atoms with Crippen LogP contribution in [0.25, 0.3) is 92.1 Å². The summed E-state index contributed by atoms with van der Waals surface area (Å²) < 4.78 is 15.5. The van der Waals surface area contributed by atoms with Crippen molar-refractivity contribution in [2.45, 2.75) is 38.9 Å². The normalized spacial score (nSPS) is 16.1. The fraction of sp³-hybridized carbons (Fsp3) is 0.130. The van der Waals surface area contributed by atoms with E-state index in [9.17, 15) is 0 Å². The maximum absolute atomic E-state index is 6.51. The van der Waals surface area contributed by atoms with E-state index in [1.807, 2.05) is 0 Å². The molecule has 0 aliphatic carbocycles. The third-order valence-corrected chi connectivity index (χ3v) is 11.9. The van der Waals surface area contributed by atoms with Gasteiger partial charge in [0, 0.05) is 16.5 Å². The van der Waals surface area contributed by atoms with Crippen molar-refractivity contribution in [3.63, 3.8) is 0 Å². The summed E-state index contributed by atoms with van der Waals surface area (Å²) in [6.45, 7) is 8.45. The molecule has 0 unspecified atom stereocenters. The minimum absolute atomic E-state index is 0.401. The Hall–Kier alpha value is -5.42. The monoisotopic (exact) mass is 643 g/mol. The molecule has 1 fully saturated rings. The van der Waals surface area contributed by atoms with E-state index in [0.717, 1.165) is 11.2 Å². The largest absolute Gasteiger partial charge is 0.494 e. The molecule has 0 amide bonds. The van der Waals surface area contributed by atoms with Crippen LogP contribution in [0, 0.1) is 0 Å². The molecule has 1 aliphatic rings. The first-order valence-electron chi connectivity index (χ1n) is 17.6. The smallest absolute Gasteiger partial charge is 0.399 e. The summed E-state index contributed by atoms with van der Waals surface area (Å²) in [6.07, 6.45) is 0. The quantitative estimate of drug-likeness (QED) is 0.138. The fourth-order valence-electron chi connectivity index (χ4n) is 8.76. The molecule has 50 heavy (non-hydrogen) atoms. The summed E-state index contributed by atoms with van der Waals surface area (Å²) in [5.41, 5.74) is 3.84. The predicted octanol–water partition coefficient (Wildman–Crippen LogP) is 11.4. The lowest BCUT2D eigenvalue weighted by Crippen LogP contribution is -2.41. The van der Waals surface area contributed by atoms with Gasteiger partial charge in [0.15, 0.2) is 0 Å². The standard InChI is InChI=1S/C46H34BNO2/c1-45(2)46(3,4)50-47(49-45)30-20-22-34-36(24-30)32-15-8-9-16-33(32)37-25-39-40(26-38(34)37)48(31-13-6-5-7-14-31)41-23-29-18-17-27-11-10-12-28-19-21-35(44(39)41)43(29)42(27)28/h5-26H,1-4H3. The Morgan fingerprint density at radius 1 is 0.420 bits per heavy atom. The summed E-state index contributed by atoms with van der Waals surface area (Å²) in [6, 6.07) is 49.6. The van der Waals surface area contributed by atoms with Gasteiger partial charge in [-0.3, -0.25) is 0 Å². The Bertz CT molecular complexity index is 3020. The Labute approximate surface area is 290 Å². The lowest BCUT2D eigenvalue weighted by molar-refractivity contribution is 0.00578. The van der Waals surface area contributed by atoms with Gasteiger partial charge < -0.3 is 13.9 Å². The molecule has 0 radical (unpaired) electrons. The average molecular weight is 644 g/mol. The lowest BCUT2D eigenvalue weighted by atomic mass is 9.77. The molecule has 0 N–H and O–H groups in total. The van der Waals surface area contributed by atoms with Crippen molar-refractivity contribution in [2.75, 3.05) is 0 Å².